The smallest absolute Gasteiger partial charge is 0.322 e. The first-order valence-corrected chi connectivity index (χ1v) is 13.0. The third-order valence-corrected chi connectivity index (χ3v) is 7.77. The van der Waals surface area contributed by atoms with E-state index in [1.54, 1.807) is 34.7 Å². The zero-order valence-electron chi connectivity index (χ0n) is 18.6. The maximum absolute atomic E-state index is 13.2. The zero-order chi connectivity index (χ0) is 24.1. The van der Waals surface area contributed by atoms with E-state index in [1.807, 2.05) is 0 Å². The Morgan fingerprint density at radius 1 is 1.12 bits per heavy atom. The van der Waals surface area contributed by atoms with Gasteiger partial charge >= 0.3 is 6.03 Å². The van der Waals surface area contributed by atoms with Gasteiger partial charge in [-0.05, 0) is 30.5 Å². The van der Waals surface area contributed by atoms with Crippen LogP contribution in [0.3, 0.4) is 0 Å². The fraction of sp³-hybridized carbons (Fsp3) is 0.478. The first-order valence-electron chi connectivity index (χ1n) is 11.4. The molecule has 2 fully saturated rings. The lowest BCUT2D eigenvalue weighted by atomic mass is 9.84. The van der Waals surface area contributed by atoms with Crippen molar-refractivity contribution in [2.75, 3.05) is 30.3 Å². The second-order valence-corrected chi connectivity index (χ2v) is 10.4. The molecular formula is C23H27Cl2N5O3S. The highest BCUT2D eigenvalue weighted by atomic mass is 35.5. The molecule has 0 bridgehead atoms. The third-order valence-electron chi connectivity index (χ3n) is 6.34. The number of aromatic nitrogens is 1. The van der Waals surface area contributed by atoms with E-state index in [2.05, 4.69) is 15.6 Å². The quantitative estimate of drug-likeness (QED) is 0.550. The molecule has 1 aromatic carbocycles. The molecule has 182 valence electrons. The summed E-state index contributed by atoms with van der Waals surface area (Å²) in [6.07, 6.45) is 7.93. The summed E-state index contributed by atoms with van der Waals surface area (Å²) in [6, 6.07) is 3.82. The molecule has 1 unspecified atom stereocenters. The molecule has 2 aromatic rings. The van der Waals surface area contributed by atoms with Crippen LogP contribution < -0.4 is 10.6 Å². The minimum atomic E-state index is -0.584. The average Bonchev–Trinajstić information content (AvgIpc) is 3.34. The van der Waals surface area contributed by atoms with Gasteiger partial charge in [0.2, 0.25) is 11.8 Å². The normalized spacial score (nSPS) is 18.0. The molecule has 0 spiro atoms. The first-order chi connectivity index (χ1) is 16.4. The maximum atomic E-state index is 13.2. The highest BCUT2D eigenvalue weighted by Crippen LogP contribution is 2.30. The molecule has 2 aliphatic rings. The van der Waals surface area contributed by atoms with Crippen molar-refractivity contribution in [2.45, 2.75) is 44.6 Å². The predicted molar refractivity (Wildman–Crippen MR) is 134 cm³/mol. The van der Waals surface area contributed by atoms with Crippen LogP contribution in [0.1, 0.15) is 38.5 Å². The van der Waals surface area contributed by atoms with E-state index in [0.717, 1.165) is 25.7 Å². The SMILES string of the molecule is O=C(Nc1nccs1)C(CC1CCCCC1)N1CCN(C(=O)Nc2ccc(Cl)c(Cl)c2)CC1=O. The van der Waals surface area contributed by atoms with Gasteiger partial charge in [-0.1, -0.05) is 55.3 Å². The lowest BCUT2D eigenvalue weighted by molar-refractivity contribution is -0.142. The van der Waals surface area contributed by atoms with Gasteiger partial charge in [-0.15, -0.1) is 11.3 Å². The van der Waals surface area contributed by atoms with Crippen molar-refractivity contribution in [1.82, 2.24) is 14.8 Å². The van der Waals surface area contributed by atoms with Crippen LogP contribution in [0.2, 0.25) is 10.0 Å². The number of rotatable bonds is 6. The Labute approximate surface area is 212 Å². The fourth-order valence-electron chi connectivity index (χ4n) is 4.55. The van der Waals surface area contributed by atoms with Crippen LogP contribution in [0.4, 0.5) is 15.6 Å². The summed E-state index contributed by atoms with van der Waals surface area (Å²) in [5.74, 6) is -0.0576. The summed E-state index contributed by atoms with van der Waals surface area (Å²) >= 11 is 13.3. The van der Waals surface area contributed by atoms with Gasteiger partial charge < -0.3 is 20.4 Å². The fourth-order valence-corrected chi connectivity index (χ4v) is 5.38. The summed E-state index contributed by atoms with van der Waals surface area (Å²) < 4.78 is 0. The number of benzene rings is 1. The summed E-state index contributed by atoms with van der Waals surface area (Å²) in [5.41, 5.74) is 0.493. The van der Waals surface area contributed by atoms with Gasteiger partial charge in [0.25, 0.3) is 0 Å². The van der Waals surface area contributed by atoms with E-state index in [1.165, 1.54) is 22.7 Å². The number of thiazole rings is 1. The summed E-state index contributed by atoms with van der Waals surface area (Å²) in [7, 11) is 0. The summed E-state index contributed by atoms with van der Waals surface area (Å²) in [6.45, 7) is 0.514. The second kappa shape index (κ2) is 11.4. The Morgan fingerprint density at radius 2 is 1.91 bits per heavy atom. The van der Waals surface area contributed by atoms with Gasteiger partial charge in [-0.2, -0.15) is 0 Å². The predicted octanol–water partition coefficient (Wildman–Crippen LogP) is 5.10. The van der Waals surface area contributed by atoms with Crippen molar-refractivity contribution < 1.29 is 14.4 Å². The Kier molecular flexibility index (Phi) is 8.28. The Balaban J connectivity index is 1.41. The number of amides is 4. The number of piperazine rings is 1. The Morgan fingerprint density at radius 3 is 2.59 bits per heavy atom. The molecule has 1 aliphatic heterocycles. The van der Waals surface area contributed by atoms with E-state index in [0.29, 0.717) is 39.7 Å². The summed E-state index contributed by atoms with van der Waals surface area (Å²) in [5, 5.41) is 8.65. The number of carbonyl (C=O) groups is 3. The molecule has 11 heteroatoms. The highest BCUT2D eigenvalue weighted by Gasteiger charge is 2.37. The molecule has 1 aliphatic carbocycles. The number of nitrogens with zero attached hydrogens (tertiary/aromatic N) is 3. The number of urea groups is 1. The minimum Gasteiger partial charge on any atom is -0.327 e. The van der Waals surface area contributed by atoms with Crippen molar-refractivity contribution in [3.63, 3.8) is 0 Å². The van der Waals surface area contributed by atoms with Crippen molar-refractivity contribution in [3.05, 3.63) is 39.8 Å². The maximum Gasteiger partial charge on any atom is 0.322 e. The number of anilines is 2. The van der Waals surface area contributed by atoms with Crippen LogP contribution in [-0.4, -0.2) is 58.3 Å². The van der Waals surface area contributed by atoms with Gasteiger partial charge in [0.05, 0.1) is 10.0 Å². The van der Waals surface area contributed by atoms with Crippen LogP contribution in [-0.2, 0) is 9.59 Å². The first kappa shape index (κ1) is 24.8. The molecule has 2 heterocycles. The van der Waals surface area contributed by atoms with Crippen molar-refractivity contribution in [1.29, 1.82) is 0 Å². The van der Waals surface area contributed by atoms with Gasteiger partial charge in [-0.25, -0.2) is 9.78 Å². The number of halogens is 2. The zero-order valence-corrected chi connectivity index (χ0v) is 21.0. The molecular weight excluding hydrogens is 497 g/mol. The highest BCUT2D eigenvalue weighted by molar-refractivity contribution is 7.13. The molecule has 4 amide bonds. The Hall–Kier alpha value is -2.36. The van der Waals surface area contributed by atoms with Crippen molar-refractivity contribution in [3.8, 4) is 0 Å². The van der Waals surface area contributed by atoms with Crippen molar-refractivity contribution in [2.24, 2.45) is 5.92 Å². The minimum absolute atomic E-state index is 0.0984. The monoisotopic (exact) mass is 523 g/mol. The number of carbonyl (C=O) groups excluding carboxylic acids is 3. The van der Waals surface area contributed by atoms with E-state index < -0.39 is 12.1 Å². The molecule has 1 aromatic heterocycles. The Bertz CT molecular complexity index is 1030. The van der Waals surface area contributed by atoms with Crippen LogP contribution in [0, 0.1) is 5.92 Å². The van der Waals surface area contributed by atoms with Gasteiger partial charge in [0, 0.05) is 30.4 Å². The number of nitrogens with one attached hydrogen (secondary N) is 2. The second-order valence-electron chi connectivity index (χ2n) is 8.65. The number of hydrogen-bond donors (Lipinski definition) is 2. The average molecular weight is 524 g/mol. The third kappa shape index (κ3) is 6.20. The molecule has 1 atom stereocenters. The van der Waals surface area contributed by atoms with Crippen LogP contribution in [0.25, 0.3) is 0 Å². The van der Waals surface area contributed by atoms with E-state index in [4.69, 9.17) is 23.2 Å². The van der Waals surface area contributed by atoms with E-state index in [-0.39, 0.29) is 24.9 Å². The lowest BCUT2D eigenvalue weighted by Crippen LogP contribution is -2.59. The molecule has 2 N–H and O–H groups in total. The van der Waals surface area contributed by atoms with Gasteiger partial charge in [0.15, 0.2) is 5.13 Å². The standard InChI is InChI=1S/C23H27Cl2N5O3S/c24-17-7-6-16(13-18(17)25)27-23(33)29-9-10-30(20(31)14-29)19(12-15-4-2-1-3-5-15)21(32)28-22-26-8-11-34-22/h6-8,11,13,15,19H,1-5,9-10,12,14H2,(H,27,33)(H,26,28,32). The van der Waals surface area contributed by atoms with Crippen LogP contribution >= 0.6 is 34.5 Å². The number of hydrogen-bond acceptors (Lipinski definition) is 5. The van der Waals surface area contributed by atoms with Crippen LogP contribution in [0.5, 0.6) is 0 Å². The molecule has 8 nitrogen and oxygen atoms in total. The molecule has 4 rings (SSSR count). The van der Waals surface area contributed by atoms with Crippen molar-refractivity contribution >= 4 is 63.2 Å². The molecule has 1 saturated heterocycles. The molecule has 1 saturated carbocycles. The topological polar surface area (TPSA) is 94.6 Å². The summed E-state index contributed by atoms with van der Waals surface area (Å²) in [4.78, 5) is 46.3. The lowest BCUT2D eigenvalue weighted by Gasteiger charge is -2.39. The van der Waals surface area contributed by atoms with E-state index in [9.17, 15) is 14.4 Å². The largest absolute Gasteiger partial charge is 0.327 e. The van der Waals surface area contributed by atoms with Gasteiger partial charge in [-0.3, -0.25) is 9.59 Å². The van der Waals surface area contributed by atoms with Gasteiger partial charge in [0.1, 0.15) is 12.6 Å². The molecule has 34 heavy (non-hydrogen) atoms. The molecule has 0 radical (unpaired) electrons. The van der Waals surface area contributed by atoms with Crippen LogP contribution in [0.15, 0.2) is 29.8 Å². The van der Waals surface area contributed by atoms with E-state index >= 15 is 0 Å².